The standard InChI is InChI=1S/C29H31N3O4S/c1-2-13-30-14-5-9-22-23(26(30)34)24-27(35)32(16-17-33)25-28(36)31(15-6-12-29(24,25)37-22)21-11-10-19-7-3-4-8-20(19)18-21/h3-12,18,22-25,33H,2,13-17H2,1H3/t22-,23+,24+,25?,29+/m1/s1. The quantitative estimate of drug-likeness (QED) is 0.617. The van der Waals surface area contributed by atoms with E-state index in [0.29, 0.717) is 19.6 Å². The third-order valence-corrected chi connectivity index (χ3v) is 9.87. The van der Waals surface area contributed by atoms with Gasteiger partial charge in [-0.3, -0.25) is 14.4 Å². The summed E-state index contributed by atoms with van der Waals surface area (Å²) in [5.41, 5.74) is 0.771. The van der Waals surface area contributed by atoms with E-state index in [1.54, 1.807) is 16.7 Å². The number of nitrogens with zero attached hydrogens (tertiary/aromatic N) is 3. The largest absolute Gasteiger partial charge is 0.395 e. The highest BCUT2D eigenvalue weighted by Gasteiger charge is 2.70. The number of hydrogen-bond acceptors (Lipinski definition) is 5. The minimum Gasteiger partial charge on any atom is -0.395 e. The molecule has 37 heavy (non-hydrogen) atoms. The van der Waals surface area contributed by atoms with Crippen molar-refractivity contribution in [1.29, 1.82) is 0 Å². The lowest BCUT2D eigenvalue weighted by Crippen LogP contribution is -2.53. The van der Waals surface area contributed by atoms with E-state index in [1.165, 1.54) is 4.90 Å². The second kappa shape index (κ2) is 9.33. The maximum atomic E-state index is 14.3. The Hall–Kier alpha value is -3.10. The molecule has 0 aromatic heterocycles. The predicted molar refractivity (Wildman–Crippen MR) is 145 cm³/mol. The van der Waals surface area contributed by atoms with Crippen molar-refractivity contribution in [1.82, 2.24) is 9.80 Å². The van der Waals surface area contributed by atoms with Crippen molar-refractivity contribution in [2.45, 2.75) is 29.4 Å². The van der Waals surface area contributed by atoms with E-state index < -0.39 is 22.6 Å². The number of hydrogen-bond donors (Lipinski definition) is 1. The highest BCUT2D eigenvalue weighted by Crippen LogP contribution is 2.61. The van der Waals surface area contributed by atoms with Crippen LogP contribution in [0.25, 0.3) is 10.8 Å². The molecule has 192 valence electrons. The number of rotatable bonds is 5. The van der Waals surface area contributed by atoms with Gasteiger partial charge in [-0.2, -0.15) is 0 Å². The Morgan fingerprint density at radius 2 is 1.78 bits per heavy atom. The minimum absolute atomic E-state index is 0.0133. The number of amides is 3. The lowest BCUT2D eigenvalue weighted by atomic mass is 9.78. The lowest BCUT2D eigenvalue weighted by Gasteiger charge is -2.35. The molecule has 0 saturated carbocycles. The number of carbonyl (C=O) groups excluding carboxylic acids is 3. The maximum Gasteiger partial charge on any atom is 0.251 e. The third kappa shape index (κ3) is 3.64. The first-order chi connectivity index (χ1) is 18.0. The first-order valence-corrected chi connectivity index (χ1v) is 13.9. The van der Waals surface area contributed by atoms with Crippen molar-refractivity contribution in [2.24, 2.45) is 11.8 Å². The molecule has 2 fully saturated rings. The molecule has 2 aromatic carbocycles. The molecule has 0 aliphatic carbocycles. The third-order valence-electron chi connectivity index (χ3n) is 8.12. The molecule has 1 spiro atoms. The van der Waals surface area contributed by atoms with Crippen LogP contribution in [0.1, 0.15) is 13.3 Å². The molecule has 0 radical (unpaired) electrons. The van der Waals surface area contributed by atoms with Gasteiger partial charge in [0.1, 0.15) is 6.04 Å². The van der Waals surface area contributed by atoms with Crippen LogP contribution in [0.5, 0.6) is 0 Å². The van der Waals surface area contributed by atoms with Crippen molar-refractivity contribution >= 4 is 45.9 Å². The Morgan fingerprint density at radius 1 is 0.973 bits per heavy atom. The first-order valence-electron chi connectivity index (χ1n) is 13.0. The highest BCUT2D eigenvalue weighted by molar-refractivity contribution is 8.02. The number of benzene rings is 2. The van der Waals surface area contributed by atoms with E-state index >= 15 is 0 Å². The number of β-amino-alcohol motifs (C(OH)–C–C–N with tert-alkyl or cyclic N) is 1. The van der Waals surface area contributed by atoms with Crippen LogP contribution in [-0.4, -0.2) is 81.5 Å². The average Bonchev–Trinajstić information content (AvgIpc) is 3.21. The summed E-state index contributed by atoms with van der Waals surface area (Å²) in [7, 11) is 0. The average molecular weight is 518 g/mol. The Bertz CT molecular complexity index is 1330. The SMILES string of the molecule is CCCN1CC=C[C@H]2S[C@]34C=CCN(c5ccc6ccccc6c5)C(=O)C3N(CCO)C(=O)[C@@H]4[C@H]2C1=O. The second-order valence-electron chi connectivity index (χ2n) is 10.2. The second-order valence-corrected chi connectivity index (χ2v) is 11.7. The summed E-state index contributed by atoms with van der Waals surface area (Å²) >= 11 is 1.57. The molecule has 8 heteroatoms. The van der Waals surface area contributed by atoms with Gasteiger partial charge in [-0.25, -0.2) is 0 Å². The van der Waals surface area contributed by atoms with Gasteiger partial charge >= 0.3 is 0 Å². The van der Waals surface area contributed by atoms with Crippen LogP contribution in [0.4, 0.5) is 5.69 Å². The number of fused-ring (bicyclic) bond motifs is 3. The molecule has 7 nitrogen and oxygen atoms in total. The number of aliphatic hydroxyl groups excluding tert-OH is 1. The van der Waals surface area contributed by atoms with Gasteiger partial charge in [0, 0.05) is 37.1 Å². The molecule has 0 bridgehead atoms. The maximum absolute atomic E-state index is 14.3. The van der Waals surface area contributed by atoms with Crippen LogP contribution in [0.3, 0.4) is 0 Å². The fraction of sp³-hybridized carbons (Fsp3) is 0.414. The van der Waals surface area contributed by atoms with Crippen LogP contribution in [-0.2, 0) is 14.4 Å². The Balaban J connectivity index is 1.43. The van der Waals surface area contributed by atoms with E-state index in [0.717, 1.165) is 22.9 Å². The molecule has 4 aliphatic heterocycles. The van der Waals surface area contributed by atoms with E-state index in [2.05, 4.69) is 6.08 Å². The van der Waals surface area contributed by atoms with Gasteiger partial charge in [0.25, 0.3) is 5.91 Å². The summed E-state index contributed by atoms with van der Waals surface area (Å²) in [5, 5.41) is 11.8. The minimum atomic E-state index is -0.862. The smallest absolute Gasteiger partial charge is 0.251 e. The normalized spacial score (nSPS) is 31.0. The molecule has 6 rings (SSSR count). The molecule has 2 aromatic rings. The molecule has 5 atom stereocenters. The predicted octanol–water partition coefficient (Wildman–Crippen LogP) is 2.84. The summed E-state index contributed by atoms with van der Waals surface area (Å²) in [6.45, 7) is 3.42. The summed E-state index contributed by atoms with van der Waals surface area (Å²) in [5.74, 6) is -1.57. The van der Waals surface area contributed by atoms with Gasteiger partial charge < -0.3 is 19.8 Å². The zero-order valence-corrected chi connectivity index (χ0v) is 21.6. The Labute approximate surface area is 220 Å². The van der Waals surface area contributed by atoms with Crippen LogP contribution < -0.4 is 4.90 Å². The fourth-order valence-corrected chi connectivity index (χ4v) is 8.59. The molecular formula is C29H31N3O4S. The van der Waals surface area contributed by atoms with Gasteiger partial charge in [-0.05, 0) is 29.3 Å². The molecule has 2 saturated heterocycles. The summed E-state index contributed by atoms with van der Waals surface area (Å²) in [6, 6.07) is 13.2. The molecule has 1 N–H and O–H groups in total. The monoisotopic (exact) mass is 517 g/mol. The number of aliphatic hydroxyl groups is 1. The lowest BCUT2D eigenvalue weighted by molar-refractivity contribution is -0.143. The van der Waals surface area contributed by atoms with Gasteiger partial charge in [0.2, 0.25) is 11.8 Å². The van der Waals surface area contributed by atoms with E-state index in [-0.39, 0.29) is 36.1 Å². The van der Waals surface area contributed by atoms with Gasteiger partial charge in [0.15, 0.2) is 0 Å². The van der Waals surface area contributed by atoms with Crippen LogP contribution in [0, 0.1) is 11.8 Å². The zero-order chi connectivity index (χ0) is 25.7. The van der Waals surface area contributed by atoms with Crippen LogP contribution >= 0.6 is 11.8 Å². The van der Waals surface area contributed by atoms with Crippen molar-refractivity contribution in [2.75, 3.05) is 37.7 Å². The Morgan fingerprint density at radius 3 is 2.57 bits per heavy atom. The van der Waals surface area contributed by atoms with Gasteiger partial charge in [-0.1, -0.05) is 61.6 Å². The number of anilines is 1. The number of likely N-dealkylation sites (tertiary alicyclic amines) is 1. The summed E-state index contributed by atoms with van der Waals surface area (Å²) in [6.07, 6.45) is 8.91. The van der Waals surface area contributed by atoms with Gasteiger partial charge in [-0.15, -0.1) is 11.8 Å². The molecule has 3 amide bonds. The number of carbonyl (C=O) groups is 3. The topological polar surface area (TPSA) is 81.2 Å². The van der Waals surface area contributed by atoms with E-state index in [9.17, 15) is 19.5 Å². The van der Waals surface area contributed by atoms with Crippen LogP contribution in [0.2, 0.25) is 0 Å². The summed E-state index contributed by atoms with van der Waals surface area (Å²) < 4.78 is -0.862. The molecule has 1 unspecified atom stereocenters. The highest BCUT2D eigenvalue weighted by atomic mass is 32.2. The fourth-order valence-electron chi connectivity index (χ4n) is 6.58. The molecule has 4 aliphatic rings. The van der Waals surface area contributed by atoms with Crippen molar-refractivity contribution < 1.29 is 19.5 Å². The Kier molecular flexibility index (Phi) is 6.12. The van der Waals surface area contributed by atoms with Crippen molar-refractivity contribution in [3.05, 3.63) is 66.8 Å². The van der Waals surface area contributed by atoms with Crippen molar-refractivity contribution in [3.8, 4) is 0 Å². The first kappa shape index (κ1) is 24.2. The van der Waals surface area contributed by atoms with E-state index in [4.69, 9.17) is 0 Å². The zero-order valence-electron chi connectivity index (χ0n) is 20.8. The van der Waals surface area contributed by atoms with E-state index in [1.807, 2.05) is 72.5 Å². The van der Waals surface area contributed by atoms with Crippen LogP contribution in [0.15, 0.2) is 66.8 Å². The molecule has 4 heterocycles. The number of thioether (sulfide) groups is 1. The molecular weight excluding hydrogens is 486 g/mol. The van der Waals surface area contributed by atoms with Gasteiger partial charge in [0.05, 0.1) is 23.2 Å². The summed E-state index contributed by atoms with van der Waals surface area (Å²) in [4.78, 5) is 47.2. The van der Waals surface area contributed by atoms with Crippen molar-refractivity contribution in [3.63, 3.8) is 0 Å².